The van der Waals surface area contributed by atoms with Gasteiger partial charge in [0.1, 0.15) is 0 Å². The molecule has 0 aliphatic rings. The van der Waals surface area contributed by atoms with Crippen LogP contribution in [-0.4, -0.2) is 15.7 Å². The Labute approximate surface area is 193 Å². The molecule has 11 heteroatoms. The zero-order valence-electron chi connectivity index (χ0n) is 17.4. The molecule has 3 aromatic rings. The van der Waals surface area contributed by atoms with Gasteiger partial charge in [-0.2, -0.15) is 31.4 Å². The summed E-state index contributed by atoms with van der Waals surface area (Å²) in [5.41, 5.74) is -0.503. The normalized spacial score (nSPS) is 12.2. The average Bonchev–Trinajstić information content (AvgIpc) is 2.97. The minimum Gasteiger partial charge on any atom is -0.348 e. The minimum absolute atomic E-state index is 0.0478. The van der Waals surface area contributed by atoms with Gasteiger partial charge in [0, 0.05) is 12.1 Å². The molecule has 0 aliphatic carbocycles. The SMILES string of the molecule is Cc1nn(Cc2cccc(C(=O)NCc3cc(C(F)(F)F)cc(C(F)(F)F)c3)c2)c(C)c1Br. The zero-order valence-corrected chi connectivity index (χ0v) is 19.0. The predicted octanol–water partition coefficient (Wildman–Crippen LogP) is 6.28. The summed E-state index contributed by atoms with van der Waals surface area (Å²) in [6.07, 6.45) is -9.90. The van der Waals surface area contributed by atoms with Gasteiger partial charge in [0.2, 0.25) is 0 Å². The number of hydrogen-bond donors (Lipinski definition) is 1. The average molecular weight is 534 g/mol. The van der Waals surface area contributed by atoms with Gasteiger partial charge >= 0.3 is 12.4 Å². The largest absolute Gasteiger partial charge is 0.416 e. The Bertz CT molecular complexity index is 1150. The fraction of sp³-hybridized carbons (Fsp3) is 0.273. The van der Waals surface area contributed by atoms with E-state index in [1.165, 1.54) is 6.07 Å². The molecule has 33 heavy (non-hydrogen) atoms. The molecule has 0 saturated heterocycles. The Morgan fingerprint density at radius 1 is 0.970 bits per heavy atom. The van der Waals surface area contributed by atoms with Gasteiger partial charge in [-0.3, -0.25) is 9.48 Å². The summed E-state index contributed by atoms with van der Waals surface area (Å²) in [5.74, 6) is -0.627. The van der Waals surface area contributed by atoms with Crippen LogP contribution in [0.15, 0.2) is 46.9 Å². The second-order valence-corrected chi connectivity index (χ2v) is 8.23. The van der Waals surface area contributed by atoms with Crippen LogP contribution in [0.5, 0.6) is 0 Å². The highest BCUT2D eigenvalue weighted by Crippen LogP contribution is 2.36. The number of aromatic nitrogens is 2. The summed E-state index contributed by atoms with van der Waals surface area (Å²) in [6, 6.07) is 7.74. The van der Waals surface area contributed by atoms with E-state index in [9.17, 15) is 31.1 Å². The smallest absolute Gasteiger partial charge is 0.348 e. The van der Waals surface area contributed by atoms with Gasteiger partial charge in [0.25, 0.3) is 5.91 Å². The lowest BCUT2D eigenvalue weighted by molar-refractivity contribution is -0.143. The van der Waals surface area contributed by atoms with E-state index in [0.717, 1.165) is 21.4 Å². The Hall–Kier alpha value is -2.82. The van der Waals surface area contributed by atoms with Crippen LogP contribution in [0.3, 0.4) is 0 Å². The number of carbonyl (C=O) groups is 1. The third kappa shape index (κ3) is 5.95. The molecule has 0 radical (unpaired) electrons. The molecular weight excluding hydrogens is 516 g/mol. The van der Waals surface area contributed by atoms with Crippen LogP contribution in [0.1, 0.15) is 44.0 Å². The Kier molecular flexibility index (Phi) is 6.92. The molecule has 0 bridgehead atoms. The Morgan fingerprint density at radius 3 is 2.09 bits per heavy atom. The van der Waals surface area contributed by atoms with Crippen LogP contribution < -0.4 is 5.32 Å². The van der Waals surface area contributed by atoms with Crippen molar-refractivity contribution in [3.63, 3.8) is 0 Å². The lowest BCUT2D eigenvalue weighted by atomic mass is 10.0. The van der Waals surface area contributed by atoms with Gasteiger partial charge < -0.3 is 5.32 Å². The first-order valence-electron chi connectivity index (χ1n) is 9.60. The van der Waals surface area contributed by atoms with E-state index < -0.39 is 35.9 Å². The summed E-state index contributed by atoms with van der Waals surface area (Å²) in [7, 11) is 0. The quantitative estimate of drug-likeness (QED) is 0.392. The van der Waals surface area contributed by atoms with Crippen molar-refractivity contribution in [1.82, 2.24) is 15.1 Å². The second-order valence-electron chi connectivity index (χ2n) is 7.44. The van der Waals surface area contributed by atoms with E-state index in [2.05, 4.69) is 26.3 Å². The molecule has 0 fully saturated rings. The summed E-state index contributed by atoms with van der Waals surface area (Å²) >= 11 is 3.44. The van der Waals surface area contributed by atoms with Crippen molar-refractivity contribution < 1.29 is 31.1 Å². The minimum atomic E-state index is -4.95. The molecule has 0 spiro atoms. The molecule has 0 atom stereocenters. The van der Waals surface area contributed by atoms with E-state index in [4.69, 9.17) is 0 Å². The van der Waals surface area contributed by atoms with Gasteiger partial charge in [-0.1, -0.05) is 12.1 Å². The maximum absolute atomic E-state index is 13.0. The molecule has 0 saturated carbocycles. The highest BCUT2D eigenvalue weighted by Gasteiger charge is 2.36. The lowest BCUT2D eigenvalue weighted by Crippen LogP contribution is -2.23. The predicted molar refractivity (Wildman–Crippen MR) is 113 cm³/mol. The molecule has 2 aromatic carbocycles. The molecule has 176 valence electrons. The molecule has 0 aliphatic heterocycles. The fourth-order valence-electron chi connectivity index (χ4n) is 3.22. The van der Waals surface area contributed by atoms with E-state index >= 15 is 0 Å². The Balaban J connectivity index is 1.77. The van der Waals surface area contributed by atoms with Crippen LogP contribution in [0, 0.1) is 13.8 Å². The van der Waals surface area contributed by atoms with Crippen molar-refractivity contribution in [1.29, 1.82) is 0 Å². The summed E-state index contributed by atoms with van der Waals surface area (Å²) < 4.78 is 80.7. The Morgan fingerprint density at radius 2 is 1.58 bits per heavy atom. The second kappa shape index (κ2) is 9.20. The highest BCUT2D eigenvalue weighted by molar-refractivity contribution is 9.10. The molecule has 1 aromatic heterocycles. The molecule has 1 heterocycles. The van der Waals surface area contributed by atoms with Crippen molar-refractivity contribution in [3.05, 3.63) is 86.1 Å². The number of nitrogens with zero attached hydrogens (tertiary/aromatic N) is 2. The number of carbonyl (C=O) groups excluding carboxylic acids is 1. The zero-order chi connectivity index (χ0) is 24.6. The molecule has 0 unspecified atom stereocenters. The van der Waals surface area contributed by atoms with Crippen molar-refractivity contribution in [2.45, 2.75) is 39.3 Å². The molecule has 1 N–H and O–H groups in total. The third-order valence-corrected chi connectivity index (χ3v) is 6.06. The number of benzene rings is 2. The standard InChI is InChI=1S/C22H18BrF6N3O/c1-12-19(23)13(2)32(31-12)11-14-4-3-5-16(6-14)20(33)30-10-15-7-17(21(24,25)26)9-18(8-15)22(27,28)29/h3-9H,10-11H2,1-2H3,(H,30,33). The van der Waals surface area contributed by atoms with Gasteiger partial charge in [-0.15, -0.1) is 0 Å². The van der Waals surface area contributed by atoms with E-state index in [-0.39, 0.29) is 17.2 Å². The van der Waals surface area contributed by atoms with Gasteiger partial charge in [0.05, 0.1) is 33.5 Å². The van der Waals surface area contributed by atoms with Crippen LogP contribution >= 0.6 is 15.9 Å². The van der Waals surface area contributed by atoms with Gasteiger partial charge in [0.15, 0.2) is 0 Å². The number of nitrogens with one attached hydrogen (secondary N) is 1. The topological polar surface area (TPSA) is 46.9 Å². The molecule has 3 rings (SSSR count). The first kappa shape index (κ1) is 24.8. The summed E-state index contributed by atoms with van der Waals surface area (Å²) in [4.78, 5) is 12.5. The lowest BCUT2D eigenvalue weighted by Gasteiger charge is -2.15. The van der Waals surface area contributed by atoms with Crippen LogP contribution in [0.4, 0.5) is 26.3 Å². The number of rotatable bonds is 5. The maximum atomic E-state index is 13.0. The van der Waals surface area contributed by atoms with E-state index in [0.29, 0.717) is 18.7 Å². The summed E-state index contributed by atoms with van der Waals surface area (Å²) in [6.45, 7) is 3.60. The van der Waals surface area contributed by atoms with Crippen LogP contribution in [-0.2, 0) is 25.4 Å². The number of halogens is 7. The van der Waals surface area contributed by atoms with Crippen molar-refractivity contribution in [3.8, 4) is 0 Å². The highest BCUT2D eigenvalue weighted by atomic mass is 79.9. The van der Waals surface area contributed by atoms with E-state index in [1.54, 1.807) is 22.9 Å². The van der Waals surface area contributed by atoms with E-state index in [1.807, 2.05) is 13.8 Å². The maximum Gasteiger partial charge on any atom is 0.416 e. The first-order chi connectivity index (χ1) is 15.3. The number of hydrogen-bond acceptors (Lipinski definition) is 2. The number of amides is 1. The molecular formula is C22H18BrF6N3O. The third-order valence-electron chi connectivity index (χ3n) is 4.92. The van der Waals surface area contributed by atoms with Crippen molar-refractivity contribution in [2.75, 3.05) is 0 Å². The number of aryl methyl sites for hydroxylation is 1. The monoisotopic (exact) mass is 533 g/mol. The summed E-state index contributed by atoms with van der Waals surface area (Å²) in [5, 5.41) is 6.78. The van der Waals surface area contributed by atoms with Gasteiger partial charge in [-0.25, -0.2) is 0 Å². The first-order valence-corrected chi connectivity index (χ1v) is 10.4. The molecule has 4 nitrogen and oxygen atoms in total. The van der Waals surface area contributed by atoms with Crippen molar-refractivity contribution in [2.24, 2.45) is 0 Å². The van der Waals surface area contributed by atoms with Gasteiger partial charge in [-0.05, 0) is 71.2 Å². The molecule has 1 amide bonds. The fourth-order valence-corrected chi connectivity index (χ4v) is 3.50. The van der Waals surface area contributed by atoms with Crippen LogP contribution in [0.2, 0.25) is 0 Å². The van der Waals surface area contributed by atoms with Crippen molar-refractivity contribution >= 4 is 21.8 Å². The number of alkyl halides is 6. The van der Waals surface area contributed by atoms with Crippen LogP contribution in [0.25, 0.3) is 0 Å².